The molecule has 3 N–H and O–H groups in total. The molecule has 1 aromatic heterocycles. The zero-order valence-electron chi connectivity index (χ0n) is 11.4. The normalized spacial score (nSPS) is 11.3. The van der Waals surface area contributed by atoms with Crippen LogP contribution in [0.3, 0.4) is 0 Å². The molecule has 0 aliphatic carbocycles. The molecule has 0 saturated carbocycles. The molecule has 0 aliphatic rings. The summed E-state index contributed by atoms with van der Waals surface area (Å²) in [4.78, 5) is 4.37. The summed E-state index contributed by atoms with van der Waals surface area (Å²) in [5.41, 5.74) is 7.76. The van der Waals surface area contributed by atoms with Crippen molar-refractivity contribution in [2.45, 2.75) is 18.4 Å². The first kappa shape index (κ1) is 15.6. The quantitative estimate of drug-likeness (QED) is 0.815. The van der Waals surface area contributed by atoms with Crippen LogP contribution in [0.5, 0.6) is 0 Å². The number of thiocarbonyl (C=S) groups is 1. The summed E-state index contributed by atoms with van der Waals surface area (Å²) in [5, 5.41) is 0. The molecule has 0 spiro atoms. The lowest BCUT2D eigenvalue weighted by Gasteiger charge is -2.09. The second kappa shape index (κ2) is 6.30. The Kier molecular flexibility index (Phi) is 4.66. The molecule has 1 heterocycles. The molecular formula is C14H15N3O2S2. The van der Waals surface area contributed by atoms with E-state index in [-0.39, 0.29) is 16.4 Å². The van der Waals surface area contributed by atoms with Crippen LogP contribution in [0.1, 0.15) is 16.7 Å². The predicted octanol–water partition coefficient (Wildman–Crippen LogP) is 1.50. The first-order valence-corrected chi connectivity index (χ1v) is 8.08. The maximum Gasteiger partial charge on any atom is 0.240 e. The number of benzene rings is 1. The zero-order chi connectivity index (χ0) is 15.5. The Morgan fingerprint density at radius 2 is 2.14 bits per heavy atom. The number of pyridine rings is 1. The molecule has 21 heavy (non-hydrogen) atoms. The second-order valence-corrected chi connectivity index (χ2v) is 6.73. The largest absolute Gasteiger partial charge is 0.389 e. The number of sulfonamides is 1. The minimum Gasteiger partial charge on any atom is -0.389 e. The van der Waals surface area contributed by atoms with E-state index >= 15 is 0 Å². The van der Waals surface area contributed by atoms with Crippen LogP contribution in [0.15, 0.2) is 47.6 Å². The fraction of sp³-hybridized carbons (Fsp3) is 0.143. The monoisotopic (exact) mass is 321 g/mol. The van der Waals surface area contributed by atoms with E-state index in [4.69, 9.17) is 18.0 Å². The lowest BCUT2D eigenvalue weighted by molar-refractivity contribution is 0.581. The van der Waals surface area contributed by atoms with Crippen LogP contribution in [-0.2, 0) is 16.6 Å². The van der Waals surface area contributed by atoms with E-state index in [9.17, 15) is 8.42 Å². The molecule has 2 rings (SSSR count). The van der Waals surface area contributed by atoms with E-state index in [2.05, 4.69) is 9.71 Å². The summed E-state index contributed by atoms with van der Waals surface area (Å²) >= 11 is 4.91. The molecule has 0 bridgehead atoms. The molecule has 0 unspecified atom stereocenters. The van der Waals surface area contributed by atoms with E-state index in [1.165, 1.54) is 6.07 Å². The van der Waals surface area contributed by atoms with Gasteiger partial charge in [-0.05, 0) is 36.2 Å². The van der Waals surface area contributed by atoms with E-state index in [0.717, 1.165) is 11.1 Å². The highest BCUT2D eigenvalue weighted by atomic mass is 32.2. The van der Waals surface area contributed by atoms with Gasteiger partial charge in [-0.3, -0.25) is 4.98 Å². The van der Waals surface area contributed by atoms with Crippen LogP contribution in [0, 0.1) is 6.92 Å². The molecule has 110 valence electrons. The van der Waals surface area contributed by atoms with Crippen molar-refractivity contribution < 1.29 is 8.42 Å². The summed E-state index contributed by atoms with van der Waals surface area (Å²) in [6.45, 7) is 1.96. The number of aromatic nitrogens is 1. The van der Waals surface area contributed by atoms with Crippen molar-refractivity contribution in [3.63, 3.8) is 0 Å². The van der Waals surface area contributed by atoms with Gasteiger partial charge in [-0.1, -0.05) is 24.4 Å². The van der Waals surface area contributed by atoms with Crippen molar-refractivity contribution in [2.75, 3.05) is 0 Å². The predicted molar refractivity (Wildman–Crippen MR) is 85.3 cm³/mol. The highest BCUT2D eigenvalue weighted by molar-refractivity contribution is 7.89. The number of nitrogens with two attached hydrogens (primary N) is 1. The van der Waals surface area contributed by atoms with Gasteiger partial charge in [0.2, 0.25) is 10.0 Å². The molecule has 0 aliphatic heterocycles. The van der Waals surface area contributed by atoms with Crippen LogP contribution in [0.4, 0.5) is 0 Å². The highest BCUT2D eigenvalue weighted by Crippen LogP contribution is 2.15. The van der Waals surface area contributed by atoms with E-state index in [0.29, 0.717) is 5.56 Å². The van der Waals surface area contributed by atoms with Crippen molar-refractivity contribution in [3.05, 3.63) is 59.4 Å². The van der Waals surface area contributed by atoms with E-state index in [1.807, 2.05) is 0 Å². The fourth-order valence-corrected chi connectivity index (χ4v) is 3.18. The van der Waals surface area contributed by atoms with Crippen molar-refractivity contribution in [1.29, 1.82) is 0 Å². The molecule has 0 atom stereocenters. The second-order valence-electron chi connectivity index (χ2n) is 4.53. The minimum atomic E-state index is -3.59. The standard InChI is InChI=1S/C14H15N3O2S2/c1-10-7-12(4-5-13(10)14(15)20)21(18,19)17-9-11-3-2-6-16-8-11/h2-8,17H,9H2,1H3,(H2,15,20). The third-order valence-corrected chi connectivity index (χ3v) is 4.58. The SMILES string of the molecule is Cc1cc(S(=O)(=O)NCc2cccnc2)ccc1C(N)=S. The summed E-state index contributed by atoms with van der Waals surface area (Å²) in [5.74, 6) is 0. The number of aryl methyl sites for hydroxylation is 1. The molecule has 1 aromatic carbocycles. The third-order valence-electron chi connectivity index (χ3n) is 2.96. The Labute approximate surface area is 129 Å². The maximum atomic E-state index is 12.2. The Morgan fingerprint density at radius 1 is 1.38 bits per heavy atom. The van der Waals surface area contributed by atoms with Crippen LogP contribution in [-0.4, -0.2) is 18.4 Å². The van der Waals surface area contributed by atoms with Gasteiger partial charge >= 0.3 is 0 Å². The molecule has 2 aromatic rings. The van der Waals surface area contributed by atoms with E-state index < -0.39 is 10.0 Å². The Hall–Kier alpha value is -1.83. The number of nitrogens with zero attached hydrogens (tertiary/aromatic N) is 1. The molecule has 0 amide bonds. The third kappa shape index (κ3) is 3.84. The van der Waals surface area contributed by atoms with E-state index in [1.54, 1.807) is 43.6 Å². The Morgan fingerprint density at radius 3 is 2.71 bits per heavy atom. The number of rotatable bonds is 5. The van der Waals surface area contributed by atoms with Gasteiger partial charge in [0.25, 0.3) is 0 Å². The van der Waals surface area contributed by atoms with Crippen LogP contribution < -0.4 is 10.5 Å². The van der Waals surface area contributed by atoms with Gasteiger partial charge in [-0.2, -0.15) is 0 Å². The molecular weight excluding hydrogens is 306 g/mol. The molecule has 5 nitrogen and oxygen atoms in total. The van der Waals surface area contributed by atoms with Gasteiger partial charge in [0, 0.05) is 24.5 Å². The van der Waals surface area contributed by atoms with Gasteiger partial charge in [0.05, 0.1) is 4.90 Å². The Balaban J connectivity index is 2.20. The average molecular weight is 321 g/mol. The smallest absolute Gasteiger partial charge is 0.240 e. The number of nitrogens with one attached hydrogen (secondary N) is 1. The zero-order valence-corrected chi connectivity index (χ0v) is 13.0. The first-order valence-electron chi connectivity index (χ1n) is 6.19. The minimum absolute atomic E-state index is 0.184. The van der Waals surface area contributed by atoms with Gasteiger partial charge < -0.3 is 5.73 Å². The maximum absolute atomic E-state index is 12.2. The van der Waals surface area contributed by atoms with Crippen molar-refractivity contribution in [3.8, 4) is 0 Å². The van der Waals surface area contributed by atoms with Crippen molar-refractivity contribution in [1.82, 2.24) is 9.71 Å². The summed E-state index contributed by atoms with van der Waals surface area (Å²) in [7, 11) is -3.59. The van der Waals surface area contributed by atoms with Gasteiger partial charge in [0.1, 0.15) is 4.99 Å². The average Bonchev–Trinajstić information content (AvgIpc) is 2.46. The van der Waals surface area contributed by atoms with Crippen LogP contribution in [0.2, 0.25) is 0 Å². The lowest BCUT2D eigenvalue weighted by atomic mass is 10.1. The van der Waals surface area contributed by atoms with Crippen molar-refractivity contribution in [2.24, 2.45) is 5.73 Å². The summed E-state index contributed by atoms with van der Waals surface area (Å²) in [6.07, 6.45) is 3.25. The summed E-state index contributed by atoms with van der Waals surface area (Å²) < 4.78 is 27.0. The molecule has 0 saturated heterocycles. The fourth-order valence-electron chi connectivity index (χ4n) is 1.84. The first-order chi connectivity index (χ1) is 9.90. The van der Waals surface area contributed by atoms with Crippen LogP contribution in [0.25, 0.3) is 0 Å². The number of hydrogen-bond donors (Lipinski definition) is 2. The lowest BCUT2D eigenvalue weighted by Crippen LogP contribution is -2.23. The van der Waals surface area contributed by atoms with Gasteiger partial charge in [-0.15, -0.1) is 0 Å². The van der Waals surface area contributed by atoms with Crippen molar-refractivity contribution >= 4 is 27.2 Å². The number of hydrogen-bond acceptors (Lipinski definition) is 4. The highest BCUT2D eigenvalue weighted by Gasteiger charge is 2.15. The van der Waals surface area contributed by atoms with Gasteiger partial charge in [0.15, 0.2) is 0 Å². The molecule has 0 fully saturated rings. The Bertz CT molecular complexity index is 759. The van der Waals surface area contributed by atoms with Crippen LogP contribution >= 0.6 is 12.2 Å². The van der Waals surface area contributed by atoms with Gasteiger partial charge in [-0.25, -0.2) is 13.1 Å². The topological polar surface area (TPSA) is 85.1 Å². The summed E-state index contributed by atoms with van der Waals surface area (Å²) in [6, 6.07) is 8.23. The molecule has 7 heteroatoms. The molecule has 0 radical (unpaired) electrons.